The number of phenolic OH excluding ortho intramolecular Hbond substituents is 1. The van der Waals surface area contributed by atoms with Gasteiger partial charge in [0.1, 0.15) is 5.75 Å². The van der Waals surface area contributed by atoms with Crippen LogP contribution in [0.2, 0.25) is 0 Å². The van der Waals surface area contributed by atoms with E-state index in [4.69, 9.17) is 10.4 Å². The predicted molar refractivity (Wildman–Crippen MR) is 44.6 cm³/mol. The predicted octanol–water partition coefficient (Wildman–Crippen LogP) is 1.99. The number of aromatic hydroxyl groups is 1. The summed E-state index contributed by atoms with van der Waals surface area (Å²) in [6.45, 7) is 0. The molecule has 1 aromatic carbocycles. The van der Waals surface area contributed by atoms with Gasteiger partial charge < -0.3 is 5.11 Å². The first-order chi connectivity index (χ1) is 5.26. The molecule has 0 heterocycles. The molecular formula is C8H7NOS. The van der Waals surface area contributed by atoms with Gasteiger partial charge in [-0.05, 0) is 24.5 Å². The summed E-state index contributed by atoms with van der Waals surface area (Å²) in [6, 6.07) is 6.78. The highest BCUT2D eigenvalue weighted by Gasteiger charge is 1.96. The minimum atomic E-state index is 0.147. The summed E-state index contributed by atoms with van der Waals surface area (Å²) < 4.78 is 0. The highest BCUT2D eigenvalue weighted by atomic mass is 32.2. The largest absolute Gasteiger partial charge is 0.508 e. The van der Waals surface area contributed by atoms with Gasteiger partial charge in [0, 0.05) is 4.90 Å². The quantitative estimate of drug-likeness (QED) is 0.647. The van der Waals surface area contributed by atoms with Crippen molar-refractivity contribution in [1.82, 2.24) is 0 Å². The second-order valence-corrected chi connectivity index (χ2v) is 2.91. The zero-order valence-electron chi connectivity index (χ0n) is 6.03. The lowest BCUT2D eigenvalue weighted by atomic mass is 10.2. The molecule has 0 saturated carbocycles. The molecule has 0 bridgehead atoms. The van der Waals surface area contributed by atoms with E-state index in [2.05, 4.69) is 0 Å². The number of rotatable bonds is 1. The maximum absolute atomic E-state index is 9.09. The molecule has 0 atom stereocenters. The molecular weight excluding hydrogens is 158 g/mol. The number of thioether (sulfide) groups is 1. The normalized spacial score (nSPS) is 9.09. The van der Waals surface area contributed by atoms with Gasteiger partial charge in [-0.25, -0.2) is 0 Å². The van der Waals surface area contributed by atoms with E-state index in [9.17, 15) is 0 Å². The molecule has 0 aliphatic heterocycles. The molecule has 1 rings (SSSR count). The number of benzene rings is 1. The van der Waals surface area contributed by atoms with Gasteiger partial charge in [0.05, 0.1) is 11.6 Å². The first kappa shape index (κ1) is 7.96. The molecule has 0 saturated heterocycles. The van der Waals surface area contributed by atoms with E-state index >= 15 is 0 Å². The molecule has 0 amide bonds. The Morgan fingerprint density at radius 2 is 2.18 bits per heavy atom. The summed E-state index contributed by atoms with van der Waals surface area (Å²) in [4.78, 5) is 0.904. The van der Waals surface area contributed by atoms with Crippen LogP contribution in [-0.4, -0.2) is 11.4 Å². The van der Waals surface area contributed by atoms with Crippen molar-refractivity contribution >= 4 is 11.8 Å². The first-order valence-electron chi connectivity index (χ1n) is 3.04. The topological polar surface area (TPSA) is 44.0 Å². The van der Waals surface area contributed by atoms with Crippen LogP contribution in [0.5, 0.6) is 5.75 Å². The van der Waals surface area contributed by atoms with E-state index in [0.717, 1.165) is 4.90 Å². The van der Waals surface area contributed by atoms with Crippen molar-refractivity contribution in [2.45, 2.75) is 4.90 Å². The highest BCUT2D eigenvalue weighted by molar-refractivity contribution is 7.98. The van der Waals surface area contributed by atoms with Gasteiger partial charge in [-0.1, -0.05) is 0 Å². The van der Waals surface area contributed by atoms with Crippen LogP contribution in [0.15, 0.2) is 23.1 Å². The lowest BCUT2D eigenvalue weighted by molar-refractivity contribution is 0.473. The number of hydrogen-bond donors (Lipinski definition) is 1. The van der Waals surface area contributed by atoms with Crippen LogP contribution in [0, 0.1) is 11.3 Å². The Kier molecular flexibility index (Phi) is 2.40. The van der Waals surface area contributed by atoms with E-state index in [1.54, 1.807) is 12.1 Å². The summed E-state index contributed by atoms with van der Waals surface area (Å²) in [5, 5.41) is 17.6. The van der Waals surface area contributed by atoms with Gasteiger partial charge in [-0.15, -0.1) is 11.8 Å². The van der Waals surface area contributed by atoms with E-state index in [1.165, 1.54) is 17.8 Å². The average Bonchev–Trinajstić information content (AvgIpc) is 2.03. The van der Waals surface area contributed by atoms with Gasteiger partial charge >= 0.3 is 0 Å². The molecule has 3 heteroatoms. The zero-order chi connectivity index (χ0) is 8.27. The number of nitrogens with zero attached hydrogens (tertiary/aromatic N) is 1. The fourth-order valence-electron chi connectivity index (χ4n) is 0.766. The van der Waals surface area contributed by atoms with Crippen molar-refractivity contribution in [1.29, 1.82) is 5.26 Å². The molecule has 0 aliphatic carbocycles. The zero-order valence-corrected chi connectivity index (χ0v) is 6.85. The Labute approximate surface area is 69.5 Å². The maximum Gasteiger partial charge on any atom is 0.118 e. The van der Waals surface area contributed by atoms with Crippen LogP contribution in [0.3, 0.4) is 0 Å². The monoisotopic (exact) mass is 165 g/mol. The number of hydrogen-bond acceptors (Lipinski definition) is 3. The van der Waals surface area contributed by atoms with Crippen LogP contribution >= 0.6 is 11.8 Å². The molecule has 0 spiro atoms. The van der Waals surface area contributed by atoms with Gasteiger partial charge in [0.25, 0.3) is 0 Å². The summed E-state index contributed by atoms with van der Waals surface area (Å²) in [7, 11) is 0. The van der Waals surface area contributed by atoms with Crippen molar-refractivity contribution in [2.75, 3.05) is 6.26 Å². The second kappa shape index (κ2) is 3.31. The van der Waals surface area contributed by atoms with Gasteiger partial charge in [0.2, 0.25) is 0 Å². The van der Waals surface area contributed by atoms with Crippen molar-refractivity contribution in [3.8, 4) is 11.8 Å². The Morgan fingerprint density at radius 3 is 2.73 bits per heavy atom. The van der Waals surface area contributed by atoms with Crippen LogP contribution in [-0.2, 0) is 0 Å². The Morgan fingerprint density at radius 1 is 1.45 bits per heavy atom. The third-order valence-electron chi connectivity index (χ3n) is 1.26. The van der Waals surface area contributed by atoms with E-state index in [-0.39, 0.29) is 5.75 Å². The lowest BCUT2D eigenvalue weighted by Crippen LogP contribution is -1.75. The smallest absolute Gasteiger partial charge is 0.118 e. The van der Waals surface area contributed by atoms with Crippen molar-refractivity contribution < 1.29 is 5.11 Å². The minimum absolute atomic E-state index is 0.147. The fourth-order valence-corrected chi connectivity index (χ4v) is 1.25. The summed E-state index contributed by atoms with van der Waals surface area (Å²) >= 11 is 1.50. The fraction of sp³-hybridized carbons (Fsp3) is 0.125. The molecule has 0 unspecified atom stereocenters. The van der Waals surface area contributed by atoms with Crippen LogP contribution in [0.1, 0.15) is 5.56 Å². The molecule has 1 N–H and O–H groups in total. The van der Waals surface area contributed by atoms with Crippen molar-refractivity contribution in [2.24, 2.45) is 0 Å². The third kappa shape index (κ3) is 1.89. The first-order valence-corrected chi connectivity index (χ1v) is 4.27. The maximum atomic E-state index is 9.09. The summed E-state index contributed by atoms with van der Waals surface area (Å²) in [6.07, 6.45) is 1.90. The van der Waals surface area contributed by atoms with Gasteiger partial charge in [-0.2, -0.15) is 5.26 Å². The molecule has 0 aromatic heterocycles. The van der Waals surface area contributed by atoms with E-state index in [0.29, 0.717) is 5.56 Å². The molecule has 0 aliphatic rings. The van der Waals surface area contributed by atoms with Crippen LogP contribution in [0.25, 0.3) is 0 Å². The number of phenols is 1. The van der Waals surface area contributed by atoms with E-state index < -0.39 is 0 Å². The Bertz CT molecular complexity index is 303. The second-order valence-electron chi connectivity index (χ2n) is 2.03. The number of nitriles is 1. The third-order valence-corrected chi connectivity index (χ3v) is 1.96. The molecule has 1 aromatic rings. The Balaban J connectivity index is 3.15. The molecule has 0 fully saturated rings. The SMILES string of the molecule is CSc1cc(O)cc(C#N)c1. The average molecular weight is 165 g/mol. The minimum Gasteiger partial charge on any atom is -0.508 e. The molecule has 0 radical (unpaired) electrons. The van der Waals surface area contributed by atoms with Crippen LogP contribution in [0.4, 0.5) is 0 Å². The lowest BCUT2D eigenvalue weighted by Gasteiger charge is -1.97. The van der Waals surface area contributed by atoms with Gasteiger partial charge in [0.15, 0.2) is 0 Å². The molecule has 11 heavy (non-hydrogen) atoms. The highest BCUT2D eigenvalue weighted by Crippen LogP contribution is 2.21. The van der Waals surface area contributed by atoms with E-state index in [1.807, 2.05) is 12.3 Å². The summed E-state index contributed by atoms with van der Waals surface area (Å²) in [5.74, 6) is 0.147. The van der Waals surface area contributed by atoms with Crippen LogP contribution < -0.4 is 0 Å². The standard InChI is InChI=1S/C8H7NOS/c1-11-8-3-6(5-9)2-7(10)4-8/h2-4,10H,1H3. The van der Waals surface area contributed by atoms with Crippen molar-refractivity contribution in [3.05, 3.63) is 23.8 Å². The molecule has 2 nitrogen and oxygen atoms in total. The van der Waals surface area contributed by atoms with Gasteiger partial charge in [-0.3, -0.25) is 0 Å². The molecule has 56 valence electrons. The Hall–Kier alpha value is -1.14. The van der Waals surface area contributed by atoms with Crippen molar-refractivity contribution in [3.63, 3.8) is 0 Å². The summed E-state index contributed by atoms with van der Waals surface area (Å²) in [5.41, 5.74) is 0.495.